The molecule has 4 N–H and O–H groups in total. The second-order valence-electron chi connectivity index (χ2n) is 3.36. The molecular formula is C11H9N3O3S. The van der Waals surface area contributed by atoms with Crippen LogP contribution in [0.1, 0.15) is 9.67 Å². The van der Waals surface area contributed by atoms with Crippen molar-refractivity contribution in [2.75, 3.05) is 11.1 Å². The summed E-state index contributed by atoms with van der Waals surface area (Å²) in [7, 11) is 0. The Morgan fingerprint density at radius 3 is 2.56 bits per heavy atom. The molecule has 0 fully saturated rings. The summed E-state index contributed by atoms with van der Waals surface area (Å²) in [5.41, 5.74) is 6.29. The fraction of sp³-hybridized carbons (Fsp3) is 0. The van der Waals surface area contributed by atoms with Crippen molar-refractivity contribution in [1.29, 1.82) is 0 Å². The summed E-state index contributed by atoms with van der Waals surface area (Å²) in [6.45, 7) is 0. The molecule has 1 aromatic carbocycles. The molecule has 0 aliphatic rings. The van der Waals surface area contributed by atoms with E-state index in [2.05, 4.69) is 10.3 Å². The van der Waals surface area contributed by atoms with E-state index in [1.807, 2.05) is 30.3 Å². The number of nitrogen functional groups attached to an aromatic ring is 1. The highest BCUT2D eigenvalue weighted by Crippen LogP contribution is 2.27. The van der Waals surface area contributed by atoms with Gasteiger partial charge in [0.2, 0.25) is 0 Å². The minimum Gasteiger partial charge on any atom is -0.475 e. The van der Waals surface area contributed by atoms with Crippen molar-refractivity contribution in [1.82, 2.24) is 4.98 Å². The van der Waals surface area contributed by atoms with Crippen LogP contribution in [0.5, 0.6) is 0 Å². The third-order valence-electron chi connectivity index (χ3n) is 2.08. The number of nitrogens with two attached hydrogens (primary N) is 1. The first kappa shape index (κ1) is 12.1. The van der Waals surface area contributed by atoms with Crippen molar-refractivity contribution in [2.24, 2.45) is 0 Å². The number of nitrogens with one attached hydrogen (secondary N) is 1. The molecule has 6 nitrogen and oxygen atoms in total. The fourth-order valence-electron chi connectivity index (χ4n) is 1.29. The second kappa shape index (κ2) is 4.84. The number of carbonyl (C=O) groups is 2. The van der Waals surface area contributed by atoms with Crippen LogP contribution in [0, 0.1) is 0 Å². The molecule has 0 bridgehead atoms. The molecule has 1 heterocycles. The molecule has 0 amide bonds. The minimum atomic E-state index is -1.54. The van der Waals surface area contributed by atoms with Crippen LogP contribution in [0.25, 0.3) is 0 Å². The van der Waals surface area contributed by atoms with Crippen molar-refractivity contribution < 1.29 is 14.7 Å². The molecule has 0 atom stereocenters. The van der Waals surface area contributed by atoms with Gasteiger partial charge in [0.25, 0.3) is 5.78 Å². The first-order valence-electron chi connectivity index (χ1n) is 4.94. The van der Waals surface area contributed by atoms with Gasteiger partial charge in [0.05, 0.1) is 0 Å². The van der Waals surface area contributed by atoms with Gasteiger partial charge in [-0.05, 0) is 12.1 Å². The van der Waals surface area contributed by atoms with E-state index < -0.39 is 11.8 Å². The standard InChI is InChI=1S/C11H9N3O3S/c12-9-8(7(15)10(16)17)18-11(14-9)13-6-4-2-1-3-5-6/h1-5H,12H2,(H,13,14)(H,16,17). The Balaban J connectivity index is 2.24. The van der Waals surface area contributed by atoms with Gasteiger partial charge in [0.1, 0.15) is 10.7 Å². The van der Waals surface area contributed by atoms with Gasteiger partial charge >= 0.3 is 5.97 Å². The molecule has 0 aliphatic carbocycles. The van der Waals surface area contributed by atoms with Gasteiger partial charge in [-0.2, -0.15) is 0 Å². The number of thiazole rings is 1. The molecule has 0 unspecified atom stereocenters. The number of ketones is 1. The Labute approximate surface area is 106 Å². The van der Waals surface area contributed by atoms with Gasteiger partial charge in [-0.1, -0.05) is 29.5 Å². The lowest BCUT2D eigenvalue weighted by molar-refractivity contribution is -0.131. The number of hydrogen-bond donors (Lipinski definition) is 3. The SMILES string of the molecule is Nc1nc(Nc2ccccc2)sc1C(=O)C(=O)O. The summed E-state index contributed by atoms with van der Waals surface area (Å²) in [5.74, 6) is -2.67. The van der Waals surface area contributed by atoms with Crippen molar-refractivity contribution in [3.63, 3.8) is 0 Å². The number of carboxylic acid groups (broad SMARTS) is 1. The number of aliphatic carboxylic acids is 1. The Bertz CT molecular complexity index is 595. The second-order valence-corrected chi connectivity index (χ2v) is 4.36. The first-order valence-corrected chi connectivity index (χ1v) is 5.75. The quantitative estimate of drug-likeness (QED) is 0.573. The molecule has 2 aromatic rings. The van der Waals surface area contributed by atoms with Crippen LogP contribution >= 0.6 is 11.3 Å². The van der Waals surface area contributed by atoms with E-state index in [4.69, 9.17) is 10.8 Å². The Kier molecular flexibility index (Phi) is 3.24. The number of carbonyl (C=O) groups excluding carboxylic acids is 1. The van der Waals surface area contributed by atoms with Crippen LogP contribution in [-0.2, 0) is 4.79 Å². The van der Waals surface area contributed by atoms with Gasteiger partial charge in [-0.3, -0.25) is 4.79 Å². The Hall–Kier alpha value is -2.41. The van der Waals surface area contributed by atoms with Gasteiger partial charge < -0.3 is 16.2 Å². The highest BCUT2D eigenvalue weighted by molar-refractivity contribution is 7.18. The van der Waals surface area contributed by atoms with Crippen LogP contribution in [0.4, 0.5) is 16.6 Å². The van der Waals surface area contributed by atoms with E-state index in [-0.39, 0.29) is 10.7 Å². The molecule has 18 heavy (non-hydrogen) atoms. The lowest BCUT2D eigenvalue weighted by Crippen LogP contribution is -2.12. The van der Waals surface area contributed by atoms with Crippen molar-refractivity contribution in [3.8, 4) is 0 Å². The predicted octanol–water partition coefficient (Wildman–Crippen LogP) is 1.74. The van der Waals surface area contributed by atoms with Gasteiger partial charge in [0.15, 0.2) is 5.13 Å². The third-order valence-corrected chi connectivity index (χ3v) is 3.06. The molecule has 0 saturated heterocycles. The molecule has 0 saturated carbocycles. The summed E-state index contributed by atoms with van der Waals surface area (Å²) in [4.78, 5) is 25.7. The van der Waals surface area contributed by atoms with Crippen LogP contribution < -0.4 is 11.1 Å². The minimum absolute atomic E-state index is 0.0686. The number of Topliss-reactive ketones (excluding diaryl/α,β-unsaturated/α-hetero) is 1. The molecule has 0 radical (unpaired) electrons. The monoisotopic (exact) mass is 263 g/mol. The number of rotatable bonds is 4. The molecular weight excluding hydrogens is 254 g/mol. The summed E-state index contributed by atoms with van der Waals surface area (Å²) in [6.07, 6.45) is 0. The maximum Gasteiger partial charge on any atom is 0.378 e. The van der Waals surface area contributed by atoms with Crippen LogP contribution in [0.2, 0.25) is 0 Å². The highest BCUT2D eigenvalue weighted by atomic mass is 32.1. The van der Waals surface area contributed by atoms with Crippen LogP contribution in [0.15, 0.2) is 30.3 Å². The molecule has 7 heteroatoms. The van der Waals surface area contributed by atoms with Crippen LogP contribution in [0.3, 0.4) is 0 Å². The maximum atomic E-state index is 11.3. The highest BCUT2D eigenvalue weighted by Gasteiger charge is 2.22. The van der Waals surface area contributed by atoms with E-state index in [1.54, 1.807) is 0 Å². The number of benzene rings is 1. The topological polar surface area (TPSA) is 105 Å². The zero-order chi connectivity index (χ0) is 13.1. The lowest BCUT2D eigenvalue weighted by Gasteiger charge is -1.99. The Morgan fingerprint density at radius 1 is 1.28 bits per heavy atom. The van der Waals surface area contributed by atoms with Crippen molar-refractivity contribution in [3.05, 3.63) is 35.2 Å². The van der Waals surface area contributed by atoms with E-state index in [1.165, 1.54) is 0 Å². The summed E-state index contributed by atoms with van der Waals surface area (Å²) >= 11 is 0.913. The molecule has 0 aliphatic heterocycles. The smallest absolute Gasteiger partial charge is 0.378 e. The normalized spacial score (nSPS) is 10.0. The summed E-state index contributed by atoms with van der Waals surface area (Å²) in [6, 6.07) is 9.17. The van der Waals surface area contributed by atoms with E-state index in [0.717, 1.165) is 17.0 Å². The molecule has 2 rings (SSSR count). The zero-order valence-electron chi connectivity index (χ0n) is 9.08. The molecule has 0 spiro atoms. The van der Waals surface area contributed by atoms with E-state index in [0.29, 0.717) is 5.13 Å². The average Bonchev–Trinajstić information content (AvgIpc) is 2.70. The Morgan fingerprint density at radius 2 is 1.94 bits per heavy atom. The predicted molar refractivity (Wildman–Crippen MR) is 68.2 cm³/mol. The van der Waals surface area contributed by atoms with Gasteiger partial charge in [-0.15, -0.1) is 0 Å². The van der Waals surface area contributed by atoms with E-state index in [9.17, 15) is 9.59 Å². The first-order chi connectivity index (χ1) is 8.58. The number of hydrogen-bond acceptors (Lipinski definition) is 6. The fourth-order valence-corrected chi connectivity index (χ4v) is 2.13. The van der Waals surface area contributed by atoms with Crippen molar-refractivity contribution >= 4 is 39.7 Å². The molecule has 92 valence electrons. The average molecular weight is 263 g/mol. The summed E-state index contributed by atoms with van der Waals surface area (Å²) < 4.78 is 0. The van der Waals surface area contributed by atoms with Gasteiger partial charge in [-0.25, -0.2) is 9.78 Å². The largest absolute Gasteiger partial charge is 0.475 e. The number of anilines is 3. The van der Waals surface area contributed by atoms with E-state index >= 15 is 0 Å². The molecule has 1 aromatic heterocycles. The number of carboxylic acids is 1. The van der Waals surface area contributed by atoms with Crippen molar-refractivity contribution in [2.45, 2.75) is 0 Å². The number of nitrogens with zero attached hydrogens (tertiary/aromatic N) is 1. The van der Waals surface area contributed by atoms with Crippen LogP contribution in [-0.4, -0.2) is 21.8 Å². The number of para-hydroxylation sites is 1. The zero-order valence-corrected chi connectivity index (χ0v) is 9.90. The number of aromatic nitrogens is 1. The maximum absolute atomic E-state index is 11.3. The lowest BCUT2D eigenvalue weighted by atomic mass is 10.3. The third kappa shape index (κ3) is 2.46. The summed E-state index contributed by atoms with van der Waals surface area (Å²) in [5, 5.41) is 11.9. The van der Waals surface area contributed by atoms with Gasteiger partial charge in [0, 0.05) is 5.69 Å².